The number of fused-ring (bicyclic) bond motifs is 1. The Morgan fingerprint density at radius 1 is 0.865 bits per heavy atom. The molecule has 0 saturated carbocycles. The highest BCUT2D eigenvalue weighted by atomic mass is 16.5. The first-order chi connectivity index (χ1) is 17.9. The second-order valence-electron chi connectivity index (χ2n) is 8.67. The van der Waals surface area contributed by atoms with Crippen molar-refractivity contribution in [1.82, 2.24) is 5.32 Å². The van der Waals surface area contributed by atoms with Crippen molar-refractivity contribution in [2.75, 3.05) is 5.32 Å². The predicted octanol–water partition coefficient (Wildman–Crippen LogP) is 5.32. The monoisotopic (exact) mass is 496 g/mol. The van der Waals surface area contributed by atoms with E-state index in [1.54, 1.807) is 30.3 Å². The molecule has 0 fully saturated rings. The summed E-state index contributed by atoms with van der Waals surface area (Å²) in [5.41, 5.74) is 3.36. The number of hydrogen-bond donors (Lipinski definition) is 3. The summed E-state index contributed by atoms with van der Waals surface area (Å²) in [5.74, 6) is -0.906. The Bertz CT molecular complexity index is 1440. The van der Waals surface area contributed by atoms with E-state index >= 15 is 0 Å². The van der Waals surface area contributed by atoms with Crippen LogP contribution in [0.3, 0.4) is 0 Å². The molecule has 0 heterocycles. The molecule has 37 heavy (non-hydrogen) atoms. The maximum absolute atomic E-state index is 13.3. The van der Waals surface area contributed by atoms with E-state index in [0.29, 0.717) is 29.1 Å². The van der Waals surface area contributed by atoms with Crippen LogP contribution in [0, 0.1) is 0 Å². The van der Waals surface area contributed by atoms with Gasteiger partial charge in [-0.25, -0.2) is 0 Å². The molecule has 7 nitrogen and oxygen atoms in total. The Hall–Kier alpha value is -4.65. The van der Waals surface area contributed by atoms with Gasteiger partial charge in [0.15, 0.2) is 0 Å². The van der Waals surface area contributed by atoms with Crippen LogP contribution in [0.15, 0.2) is 84.9 Å². The smallest absolute Gasteiger partial charge is 0.303 e. The molecule has 0 aliphatic carbocycles. The molecule has 0 aromatic heterocycles. The fraction of sp³-hybridized carbons (Fsp3) is 0.167. The number of anilines is 1. The van der Waals surface area contributed by atoms with E-state index in [2.05, 4.69) is 10.6 Å². The molecule has 0 atom stereocenters. The Labute approximate surface area is 215 Å². The Kier molecular flexibility index (Phi) is 8.15. The van der Waals surface area contributed by atoms with Crippen LogP contribution in [0.4, 0.5) is 5.69 Å². The molecule has 0 unspecified atom stereocenters. The first-order valence-electron chi connectivity index (χ1n) is 12.0. The van der Waals surface area contributed by atoms with Crippen molar-refractivity contribution in [3.8, 4) is 5.75 Å². The molecule has 4 aromatic rings. The molecule has 0 radical (unpaired) electrons. The Morgan fingerprint density at radius 3 is 2.43 bits per heavy atom. The summed E-state index contributed by atoms with van der Waals surface area (Å²) < 4.78 is 5.93. The van der Waals surface area contributed by atoms with Crippen molar-refractivity contribution in [1.29, 1.82) is 0 Å². The lowest BCUT2D eigenvalue weighted by molar-refractivity contribution is -0.137. The van der Waals surface area contributed by atoms with Gasteiger partial charge in [0.1, 0.15) is 12.4 Å². The molecule has 4 aromatic carbocycles. The number of ether oxygens (including phenoxy) is 1. The number of carboxylic acid groups (broad SMARTS) is 1. The second-order valence-corrected chi connectivity index (χ2v) is 8.67. The summed E-state index contributed by atoms with van der Waals surface area (Å²) in [4.78, 5) is 35.9. The largest absolute Gasteiger partial charge is 0.487 e. The van der Waals surface area contributed by atoms with E-state index in [9.17, 15) is 14.4 Å². The van der Waals surface area contributed by atoms with Crippen LogP contribution in [-0.4, -0.2) is 22.9 Å². The van der Waals surface area contributed by atoms with Gasteiger partial charge in [-0.2, -0.15) is 0 Å². The third-order valence-electron chi connectivity index (χ3n) is 5.94. The zero-order valence-corrected chi connectivity index (χ0v) is 20.5. The van der Waals surface area contributed by atoms with Gasteiger partial charge >= 0.3 is 5.97 Å². The molecule has 0 saturated heterocycles. The molecule has 4 rings (SSSR count). The number of carbonyl (C=O) groups is 3. The number of aryl methyl sites for hydroxylation is 1. The topological polar surface area (TPSA) is 105 Å². The van der Waals surface area contributed by atoms with Crippen molar-refractivity contribution in [3.05, 3.63) is 107 Å². The summed E-state index contributed by atoms with van der Waals surface area (Å²) in [6.45, 7) is 1.93. The van der Waals surface area contributed by atoms with E-state index < -0.39 is 5.97 Å². The van der Waals surface area contributed by atoms with Crippen molar-refractivity contribution < 1.29 is 24.2 Å². The normalized spacial score (nSPS) is 10.6. The van der Waals surface area contributed by atoms with Crippen molar-refractivity contribution >= 4 is 34.2 Å². The summed E-state index contributed by atoms with van der Waals surface area (Å²) in [7, 11) is 0. The average molecular weight is 497 g/mol. The fourth-order valence-electron chi connectivity index (χ4n) is 4.15. The molecular formula is C30H28N2O5. The van der Waals surface area contributed by atoms with Crippen LogP contribution in [0.25, 0.3) is 10.8 Å². The maximum atomic E-state index is 13.3. The lowest BCUT2D eigenvalue weighted by Crippen LogP contribution is -2.24. The van der Waals surface area contributed by atoms with Crippen molar-refractivity contribution in [3.63, 3.8) is 0 Å². The highest BCUT2D eigenvalue weighted by Gasteiger charge is 2.15. The second kappa shape index (κ2) is 11.9. The molecule has 7 heteroatoms. The van der Waals surface area contributed by atoms with Crippen LogP contribution >= 0.6 is 0 Å². The maximum Gasteiger partial charge on any atom is 0.303 e. The number of amides is 2. The minimum absolute atomic E-state index is 0.0798. The number of para-hydroxylation sites is 2. The summed E-state index contributed by atoms with van der Waals surface area (Å²) in [6.07, 6.45) is 0.155. The van der Waals surface area contributed by atoms with Crippen LogP contribution in [-0.2, 0) is 29.2 Å². The summed E-state index contributed by atoms with van der Waals surface area (Å²) in [5, 5.41) is 17.0. The third-order valence-corrected chi connectivity index (χ3v) is 5.94. The molecule has 0 spiro atoms. The van der Waals surface area contributed by atoms with Crippen LogP contribution in [0.1, 0.15) is 40.4 Å². The van der Waals surface area contributed by atoms with Gasteiger partial charge in [0.2, 0.25) is 5.91 Å². The molecule has 0 bridgehead atoms. The van der Waals surface area contributed by atoms with E-state index in [-0.39, 0.29) is 31.3 Å². The first-order valence-corrected chi connectivity index (χ1v) is 12.0. The number of hydrogen-bond acceptors (Lipinski definition) is 4. The summed E-state index contributed by atoms with van der Waals surface area (Å²) in [6, 6.07) is 26.4. The number of carbonyl (C=O) groups excluding carboxylic acids is 2. The van der Waals surface area contributed by atoms with Gasteiger partial charge in [-0.3, -0.25) is 14.4 Å². The Morgan fingerprint density at radius 2 is 1.62 bits per heavy atom. The zero-order chi connectivity index (χ0) is 26.2. The predicted molar refractivity (Wildman–Crippen MR) is 143 cm³/mol. The van der Waals surface area contributed by atoms with Crippen LogP contribution < -0.4 is 15.4 Å². The van der Waals surface area contributed by atoms with Crippen LogP contribution in [0.2, 0.25) is 0 Å². The molecule has 0 aliphatic heterocycles. The molecule has 188 valence electrons. The summed E-state index contributed by atoms with van der Waals surface area (Å²) >= 11 is 0. The van der Waals surface area contributed by atoms with E-state index in [0.717, 1.165) is 21.9 Å². The van der Waals surface area contributed by atoms with Crippen LogP contribution in [0.5, 0.6) is 5.75 Å². The molecular weight excluding hydrogens is 468 g/mol. The van der Waals surface area contributed by atoms with Gasteiger partial charge in [0.05, 0.1) is 5.69 Å². The lowest BCUT2D eigenvalue weighted by Gasteiger charge is -2.15. The molecule has 3 N–H and O–H groups in total. The van der Waals surface area contributed by atoms with Gasteiger partial charge in [0, 0.05) is 25.5 Å². The van der Waals surface area contributed by atoms with E-state index in [4.69, 9.17) is 9.84 Å². The quantitative estimate of drug-likeness (QED) is 0.275. The number of carboxylic acids is 1. The van der Waals surface area contributed by atoms with Gasteiger partial charge in [0.25, 0.3) is 5.91 Å². The highest BCUT2D eigenvalue weighted by Crippen LogP contribution is 2.25. The van der Waals surface area contributed by atoms with E-state index in [1.165, 1.54) is 6.92 Å². The fourth-order valence-corrected chi connectivity index (χ4v) is 4.15. The van der Waals surface area contributed by atoms with Gasteiger partial charge < -0.3 is 20.5 Å². The Balaban J connectivity index is 1.53. The standard InChI is InChI=1S/C30H28N2O5/c1-20(33)32-27-11-4-5-12-28(27)37-19-21-13-14-23(15-16-29(34)35)26(17-21)30(36)31-18-24-9-6-8-22-7-2-3-10-25(22)24/h2-14,17H,15-16,18-19H2,1H3,(H,31,36)(H,32,33)(H,34,35). The van der Waals surface area contributed by atoms with E-state index in [1.807, 2.05) is 54.6 Å². The SMILES string of the molecule is CC(=O)Nc1ccccc1OCc1ccc(CCC(=O)O)c(C(=O)NCc2cccc3ccccc23)c1. The number of benzene rings is 4. The molecule has 0 aliphatic rings. The number of aliphatic carboxylic acids is 1. The number of rotatable bonds is 10. The minimum atomic E-state index is -0.927. The molecule has 2 amide bonds. The minimum Gasteiger partial charge on any atom is -0.487 e. The lowest BCUT2D eigenvalue weighted by atomic mass is 9.99. The zero-order valence-electron chi connectivity index (χ0n) is 20.5. The average Bonchev–Trinajstić information content (AvgIpc) is 2.90. The highest BCUT2D eigenvalue weighted by molar-refractivity contribution is 5.96. The van der Waals surface area contributed by atoms with Gasteiger partial charge in [-0.05, 0) is 52.1 Å². The third kappa shape index (κ3) is 6.73. The van der Waals surface area contributed by atoms with Crippen molar-refractivity contribution in [2.45, 2.75) is 32.9 Å². The first kappa shape index (κ1) is 25.4. The number of nitrogens with one attached hydrogen (secondary N) is 2. The van der Waals surface area contributed by atoms with Crippen molar-refractivity contribution in [2.24, 2.45) is 0 Å². The van der Waals surface area contributed by atoms with Gasteiger partial charge in [-0.1, -0.05) is 66.7 Å². The van der Waals surface area contributed by atoms with Gasteiger partial charge in [-0.15, -0.1) is 0 Å².